The van der Waals surface area contributed by atoms with Gasteiger partial charge in [0, 0.05) is 33.2 Å². The molecule has 312 valence electrons. The van der Waals surface area contributed by atoms with Gasteiger partial charge in [0.25, 0.3) is 0 Å². The van der Waals surface area contributed by atoms with Crippen molar-refractivity contribution in [3.8, 4) is 73.0 Å². The number of hydrogen-bond donors (Lipinski definition) is 0. The molecule has 0 atom stereocenters. The molecule has 2 heterocycles. The predicted molar refractivity (Wildman–Crippen MR) is 282 cm³/mol. The van der Waals surface area contributed by atoms with Gasteiger partial charge in [0.2, 0.25) is 0 Å². The standard InChI is InChI=1S/C64H41N3/c1-4-19-44(20-5-1)61-53-29-13-12-28-52(53)60(55-39-38-42-18-10-11-27-50(42)63(55)61)45-36-34-43(35-37-45)56-41-57(66-64(65-56)46-21-6-2-7-22-46)48-24-16-23-47(40-48)51-31-17-33-59-62(51)54-30-14-15-32-58(54)67(59)49-25-8-3-9-26-49/h1-41H. The Bertz CT molecular complexity index is 4000. The average molecular weight is 852 g/mol. The lowest BCUT2D eigenvalue weighted by atomic mass is 9.84. The van der Waals surface area contributed by atoms with Crippen molar-refractivity contribution in [2.45, 2.75) is 0 Å². The average Bonchev–Trinajstić information content (AvgIpc) is 3.75. The molecule has 0 aliphatic rings. The van der Waals surface area contributed by atoms with Crippen molar-refractivity contribution >= 4 is 54.1 Å². The van der Waals surface area contributed by atoms with Crippen LogP contribution >= 0.6 is 0 Å². The molecule has 0 spiro atoms. The summed E-state index contributed by atoms with van der Waals surface area (Å²) < 4.78 is 2.37. The van der Waals surface area contributed by atoms with Crippen molar-refractivity contribution in [2.75, 3.05) is 0 Å². The van der Waals surface area contributed by atoms with Gasteiger partial charge in [0.15, 0.2) is 5.82 Å². The molecule has 0 saturated heterocycles. The zero-order valence-corrected chi connectivity index (χ0v) is 36.5. The minimum atomic E-state index is 0.691. The van der Waals surface area contributed by atoms with Gasteiger partial charge in [0.05, 0.1) is 22.4 Å². The first-order valence-electron chi connectivity index (χ1n) is 22.9. The molecule has 0 aliphatic carbocycles. The fraction of sp³-hybridized carbons (Fsp3) is 0. The van der Waals surface area contributed by atoms with Crippen LogP contribution in [0.3, 0.4) is 0 Å². The first kappa shape index (κ1) is 38.5. The number of aromatic nitrogens is 3. The maximum Gasteiger partial charge on any atom is 0.160 e. The Balaban J connectivity index is 0.959. The fourth-order valence-corrected chi connectivity index (χ4v) is 10.4. The number of fused-ring (bicyclic) bond motifs is 7. The van der Waals surface area contributed by atoms with Gasteiger partial charge >= 0.3 is 0 Å². The van der Waals surface area contributed by atoms with E-state index in [1.807, 2.05) is 18.2 Å². The third-order valence-electron chi connectivity index (χ3n) is 13.4. The normalized spacial score (nSPS) is 11.6. The third-order valence-corrected chi connectivity index (χ3v) is 13.4. The molecule has 2 aromatic heterocycles. The Hall–Kier alpha value is -8.92. The second-order valence-corrected chi connectivity index (χ2v) is 17.2. The molecule has 13 rings (SSSR count). The third kappa shape index (κ3) is 6.51. The number of rotatable bonds is 7. The van der Waals surface area contributed by atoms with E-state index in [1.165, 1.54) is 76.4 Å². The Morgan fingerprint density at radius 3 is 1.58 bits per heavy atom. The molecule has 11 aromatic carbocycles. The first-order chi connectivity index (χ1) is 33.2. The Labute approximate surface area is 388 Å². The zero-order valence-electron chi connectivity index (χ0n) is 36.5. The summed E-state index contributed by atoms with van der Waals surface area (Å²) in [5.41, 5.74) is 15.5. The van der Waals surface area contributed by atoms with Crippen LogP contribution in [0.2, 0.25) is 0 Å². The number of nitrogens with zero attached hydrogens (tertiary/aromatic N) is 3. The van der Waals surface area contributed by atoms with Crippen molar-refractivity contribution in [3.05, 3.63) is 249 Å². The smallest absolute Gasteiger partial charge is 0.160 e. The summed E-state index contributed by atoms with van der Waals surface area (Å²) >= 11 is 0. The Morgan fingerprint density at radius 2 is 0.821 bits per heavy atom. The second kappa shape index (κ2) is 16.0. The molecule has 0 N–H and O–H groups in total. The van der Waals surface area contributed by atoms with Crippen LogP contribution in [0.25, 0.3) is 127 Å². The molecule has 0 saturated carbocycles. The van der Waals surface area contributed by atoms with E-state index in [0.29, 0.717) is 5.82 Å². The van der Waals surface area contributed by atoms with Crippen molar-refractivity contribution in [3.63, 3.8) is 0 Å². The van der Waals surface area contributed by atoms with E-state index in [9.17, 15) is 0 Å². The Kier molecular flexibility index (Phi) is 9.17. The van der Waals surface area contributed by atoms with Gasteiger partial charge in [-0.05, 0) is 102 Å². The van der Waals surface area contributed by atoms with Crippen molar-refractivity contribution in [1.29, 1.82) is 0 Å². The monoisotopic (exact) mass is 851 g/mol. The van der Waals surface area contributed by atoms with Crippen LogP contribution in [0, 0.1) is 0 Å². The second-order valence-electron chi connectivity index (χ2n) is 17.2. The van der Waals surface area contributed by atoms with Gasteiger partial charge < -0.3 is 4.57 Å². The molecular weight excluding hydrogens is 811 g/mol. The van der Waals surface area contributed by atoms with Gasteiger partial charge in [-0.1, -0.05) is 212 Å². The number of benzene rings is 11. The van der Waals surface area contributed by atoms with Crippen LogP contribution in [0.1, 0.15) is 0 Å². The van der Waals surface area contributed by atoms with Crippen molar-refractivity contribution in [2.24, 2.45) is 0 Å². The zero-order chi connectivity index (χ0) is 44.3. The summed E-state index contributed by atoms with van der Waals surface area (Å²) in [5.74, 6) is 0.691. The minimum Gasteiger partial charge on any atom is -0.309 e. The number of para-hydroxylation sites is 2. The number of hydrogen-bond acceptors (Lipinski definition) is 2. The van der Waals surface area contributed by atoms with Gasteiger partial charge in [-0.15, -0.1) is 0 Å². The maximum absolute atomic E-state index is 5.27. The van der Waals surface area contributed by atoms with Crippen molar-refractivity contribution < 1.29 is 0 Å². The van der Waals surface area contributed by atoms with E-state index in [1.54, 1.807) is 0 Å². The Morgan fingerprint density at radius 1 is 0.284 bits per heavy atom. The largest absolute Gasteiger partial charge is 0.309 e. The van der Waals surface area contributed by atoms with Crippen LogP contribution in [-0.4, -0.2) is 14.5 Å². The molecule has 0 unspecified atom stereocenters. The molecule has 0 radical (unpaired) electrons. The van der Waals surface area contributed by atoms with E-state index in [0.717, 1.165) is 44.9 Å². The molecule has 0 amide bonds. The summed E-state index contributed by atoms with van der Waals surface area (Å²) in [6, 6.07) is 89.4. The summed E-state index contributed by atoms with van der Waals surface area (Å²) in [5, 5.41) is 9.92. The summed E-state index contributed by atoms with van der Waals surface area (Å²) in [4.78, 5) is 10.5. The van der Waals surface area contributed by atoms with E-state index >= 15 is 0 Å². The van der Waals surface area contributed by atoms with Gasteiger partial charge in [-0.3, -0.25) is 0 Å². The fourth-order valence-electron chi connectivity index (χ4n) is 10.4. The van der Waals surface area contributed by atoms with Gasteiger partial charge in [-0.25, -0.2) is 9.97 Å². The molecule has 0 fully saturated rings. The van der Waals surface area contributed by atoms with E-state index in [4.69, 9.17) is 9.97 Å². The van der Waals surface area contributed by atoms with Gasteiger partial charge in [-0.2, -0.15) is 0 Å². The van der Waals surface area contributed by atoms with E-state index in [-0.39, 0.29) is 0 Å². The van der Waals surface area contributed by atoms with Gasteiger partial charge in [0.1, 0.15) is 0 Å². The topological polar surface area (TPSA) is 30.7 Å². The van der Waals surface area contributed by atoms with Crippen molar-refractivity contribution in [1.82, 2.24) is 14.5 Å². The molecule has 0 bridgehead atoms. The van der Waals surface area contributed by atoms with Crippen LogP contribution < -0.4 is 0 Å². The predicted octanol–water partition coefficient (Wildman–Crippen LogP) is 17.0. The van der Waals surface area contributed by atoms with Crippen LogP contribution in [0.4, 0.5) is 0 Å². The highest BCUT2D eigenvalue weighted by atomic mass is 15.0. The van der Waals surface area contributed by atoms with E-state index in [2.05, 4.69) is 235 Å². The molecule has 67 heavy (non-hydrogen) atoms. The van der Waals surface area contributed by atoms with Crippen LogP contribution in [0.15, 0.2) is 249 Å². The lowest BCUT2D eigenvalue weighted by Gasteiger charge is -2.19. The maximum atomic E-state index is 5.27. The summed E-state index contributed by atoms with van der Waals surface area (Å²) in [6.07, 6.45) is 0. The van der Waals surface area contributed by atoms with Crippen LogP contribution in [-0.2, 0) is 0 Å². The molecule has 3 heteroatoms. The van der Waals surface area contributed by atoms with Crippen LogP contribution in [0.5, 0.6) is 0 Å². The molecule has 13 aromatic rings. The summed E-state index contributed by atoms with van der Waals surface area (Å²) in [7, 11) is 0. The quantitative estimate of drug-likeness (QED) is 0.118. The van der Waals surface area contributed by atoms with E-state index < -0.39 is 0 Å². The highest BCUT2D eigenvalue weighted by Crippen LogP contribution is 2.47. The highest BCUT2D eigenvalue weighted by molar-refractivity contribution is 6.28. The molecule has 0 aliphatic heterocycles. The first-order valence-corrected chi connectivity index (χ1v) is 22.9. The molecule has 3 nitrogen and oxygen atoms in total. The SMILES string of the molecule is c1ccc(-c2nc(-c3ccc(-c4c5ccccc5c(-c5ccccc5)c5c4ccc4ccccc45)cc3)cc(-c3cccc(-c4cccc5c4c4ccccc4n5-c4ccccc4)c3)n2)cc1. The minimum absolute atomic E-state index is 0.691. The summed E-state index contributed by atoms with van der Waals surface area (Å²) in [6.45, 7) is 0. The lowest BCUT2D eigenvalue weighted by Crippen LogP contribution is -1.96. The lowest BCUT2D eigenvalue weighted by molar-refractivity contribution is 1.18. The molecular formula is C64H41N3. The highest BCUT2D eigenvalue weighted by Gasteiger charge is 2.20.